The number of nitrogens with zero attached hydrogens (tertiary/aromatic N) is 1. The third kappa shape index (κ3) is 2.62. The number of benzene rings is 1. The molecule has 1 atom stereocenters. The number of hydrogen-bond donors (Lipinski definition) is 0. The number of methoxy groups -OCH3 is 1. The highest BCUT2D eigenvalue weighted by atomic mass is 79.9. The molecule has 1 aromatic carbocycles. The molecule has 2 rings (SSSR count). The van der Waals surface area contributed by atoms with Gasteiger partial charge in [-0.2, -0.15) is 0 Å². The Morgan fingerprint density at radius 2 is 2.11 bits per heavy atom. The number of amides is 1. The zero-order chi connectivity index (χ0) is 14.2. The van der Waals surface area contributed by atoms with E-state index in [-0.39, 0.29) is 35.4 Å². The first-order valence-electron chi connectivity index (χ1n) is 5.75. The maximum Gasteiger partial charge on any atom is 0.270 e. The maximum absolute atomic E-state index is 12.5. The lowest BCUT2D eigenvalue weighted by Gasteiger charge is -2.18. The van der Waals surface area contributed by atoms with Gasteiger partial charge in [-0.15, -0.1) is 0 Å². The number of hydrogen-bond acceptors (Lipinski definition) is 4. The van der Waals surface area contributed by atoms with E-state index in [0.29, 0.717) is 4.47 Å². The molecule has 19 heavy (non-hydrogen) atoms. The molecular formula is C12H14BrNO4S. The molecule has 1 fully saturated rings. The van der Waals surface area contributed by atoms with E-state index in [0.717, 1.165) is 4.31 Å². The quantitative estimate of drug-likeness (QED) is 0.838. The van der Waals surface area contributed by atoms with Gasteiger partial charge >= 0.3 is 0 Å². The number of carbonyl (C=O) groups excluding carboxylic acids is 1. The van der Waals surface area contributed by atoms with E-state index in [1.807, 2.05) is 6.92 Å². The summed E-state index contributed by atoms with van der Waals surface area (Å²) in [6.45, 7) is 2.07. The van der Waals surface area contributed by atoms with E-state index < -0.39 is 10.0 Å². The van der Waals surface area contributed by atoms with Crippen molar-refractivity contribution in [3.05, 3.63) is 22.7 Å². The molecule has 0 aliphatic carbocycles. The van der Waals surface area contributed by atoms with E-state index in [1.54, 1.807) is 12.1 Å². The van der Waals surface area contributed by atoms with E-state index in [2.05, 4.69) is 15.9 Å². The summed E-state index contributed by atoms with van der Waals surface area (Å²) in [5.74, 6) is -0.0921. The topological polar surface area (TPSA) is 63.7 Å². The molecule has 0 aromatic heterocycles. The summed E-state index contributed by atoms with van der Waals surface area (Å²) in [6.07, 6.45) is 0.259. The molecule has 0 spiro atoms. The van der Waals surface area contributed by atoms with Crippen LogP contribution in [0.1, 0.15) is 13.3 Å². The van der Waals surface area contributed by atoms with Crippen molar-refractivity contribution in [2.24, 2.45) is 5.92 Å². The lowest BCUT2D eigenvalue weighted by atomic mass is 10.2. The Morgan fingerprint density at radius 1 is 1.42 bits per heavy atom. The summed E-state index contributed by atoms with van der Waals surface area (Å²) < 4.78 is 31.7. The first-order valence-corrected chi connectivity index (χ1v) is 7.98. The van der Waals surface area contributed by atoms with Crippen LogP contribution in [0, 0.1) is 5.92 Å². The van der Waals surface area contributed by atoms with Gasteiger partial charge in [-0.1, -0.05) is 22.9 Å². The highest BCUT2D eigenvalue weighted by Crippen LogP contribution is 2.32. The minimum atomic E-state index is -3.86. The number of halogens is 1. The van der Waals surface area contributed by atoms with Crippen molar-refractivity contribution in [3.63, 3.8) is 0 Å². The molecule has 0 saturated carbocycles. The predicted octanol–water partition coefficient (Wildman–Crippen LogP) is 2.01. The fourth-order valence-electron chi connectivity index (χ4n) is 2.05. The number of rotatable bonds is 3. The Morgan fingerprint density at radius 3 is 2.63 bits per heavy atom. The molecule has 1 saturated heterocycles. The molecule has 1 aliphatic heterocycles. The van der Waals surface area contributed by atoms with Crippen molar-refractivity contribution in [2.45, 2.75) is 18.2 Å². The molecule has 5 nitrogen and oxygen atoms in total. The summed E-state index contributed by atoms with van der Waals surface area (Å²) in [5, 5.41) is 0. The van der Waals surface area contributed by atoms with E-state index in [9.17, 15) is 13.2 Å². The normalized spacial score (nSPS) is 19.8. The van der Waals surface area contributed by atoms with Gasteiger partial charge in [-0.25, -0.2) is 12.7 Å². The van der Waals surface area contributed by atoms with Crippen molar-refractivity contribution in [1.82, 2.24) is 4.31 Å². The van der Waals surface area contributed by atoms with Crippen molar-refractivity contribution in [1.29, 1.82) is 0 Å². The Kier molecular flexibility index (Phi) is 3.87. The number of ether oxygens (including phenoxy) is 1. The van der Waals surface area contributed by atoms with Crippen molar-refractivity contribution >= 4 is 31.9 Å². The van der Waals surface area contributed by atoms with Gasteiger partial charge in [0.05, 0.1) is 7.11 Å². The van der Waals surface area contributed by atoms with Gasteiger partial charge in [0.2, 0.25) is 5.91 Å². The monoisotopic (exact) mass is 347 g/mol. The Labute approximate surface area is 120 Å². The van der Waals surface area contributed by atoms with E-state index >= 15 is 0 Å². The van der Waals surface area contributed by atoms with E-state index in [1.165, 1.54) is 13.2 Å². The average molecular weight is 348 g/mol. The standard InChI is InChI=1S/C12H14BrNO4S/c1-8-5-12(15)14(7-8)19(16,17)11-6-9(13)3-4-10(11)18-2/h3-4,6,8H,5,7H2,1-2H3. The molecule has 7 heteroatoms. The van der Waals surface area contributed by atoms with Crippen LogP contribution in [-0.2, 0) is 14.8 Å². The second-order valence-corrected chi connectivity index (χ2v) is 7.28. The molecule has 0 N–H and O–H groups in total. The van der Waals surface area contributed by atoms with Crippen LogP contribution in [0.5, 0.6) is 5.75 Å². The third-order valence-electron chi connectivity index (χ3n) is 2.97. The minimum absolute atomic E-state index is 0.00632. The summed E-state index contributed by atoms with van der Waals surface area (Å²) in [5.41, 5.74) is 0. The lowest BCUT2D eigenvalue weighted by molar-refractivity contribution is -0.123. The van der Waals surface area contributed by atoms with Crippen LogP contribution in [0.3, 0.4) is 0 Å². The van der Waals surface area contributed by atoms with Gasteiger partial charge in [0.1, 0.15) is 10.6 Å². The average Bonchev–Trinajstić information content (AvgIpc) is 2.69. The van der Waals surface area contributed by atoms with Crippen LogP contribution in [0.2, 0.25) is 0 Å². The zero-order valence-electron chi connectivity index (χ0n) is 10.6. The molecule has 1 amide bonds. The second-order valence-electron chi connectivity index (χ2n) is 4.53. The van der Waals surface area contributed by atoms with Crippen LogP contribution in [0.15, 0.2) is 27.6 Å². The predicted molar refractivity (Wildman–Crippen MR) is 73.4 cm³/mol. The second kappa shape index (κ2) is 5.13. The summed E-state index contributed by atoms with van der Waals surface area (Å²) >= 11 is 3.23. The van der Waals surface area contributed by atoms with Gasteiger partial charge < -0.3 is 4.74 Å². The van der Waals surface area contributed by atoms with Crippen molar-refractivity contribution in [2.75, 3.05) is 13.7 Å². The summed E-state index contributed by atoms with van der Waals surface area (Å²) in [4.78, 5) is 11.8. The van der Waals surface area contributed by atoms with Crippen LogP contribution in [0.4, 0.5) is 0 Å². The number of sulfonamides is 1. The van der Waals surface area contributed by atoms with Gasteiger partial charge in [0, 0.05) is 17.4 Å². The van der Waals surface area contributed by atoms with Gasteiger partial charge in [-0.05, 0) is 24.1 Å². The maximum atomic E-state index is 12.5. The highest BCUT2D eigenvalue weighted by Gasteiger charge is 2.37. The third-order valence-corrected chi connectivity index (χ3v) is 5.27. The Hall–Kier alpha value is -1.08. The summed E-state index contributed by atoms with van der Waals surface area (Å²) in [6, 6.07) is 4.69. The first-order chi connectivity index (χ1) is 8.86. The van der Waals surface area contributed by atoms with Gasteiger partial charge in [0.15, 0.2) is 0 Å². The van der Waals surface area contributed by atoms with Crippen LogP contribution in [0.25, 0.3) is 0 Å². The molecule has 1 aromatic rings. The molecule has 0 radical (unpaired) electrons. The largest absolute Gasteiger partial charge is 0.495 e. The van der Waals surface area contributed by atoms with Crippen LogP contribution < -0.4 is 4.74 Å². The number of carbonyl (C=O) groups is 1. The molecule has 1 aliphatic rings. The molecular weight excluding hydrogens is 334 g/mol. The zero-order valence-corrected chi connectivity index (χ0v) is 13.0. The van der Waals surface area contributed by atoms with Crippen molar-refractivity contribution < 1.29 is 17.9 Å². The SMILES string of the molecule is COc1ccc(Br)cc1S(=O)(=O)N1CC(C)CC1=O. The van der Waals surface area contributed by atoms with Gasteiger partial charge in [0.25, 0.3) is 10.0 Å². The van der Waals surface area contributed by atoms with Crippen LogP contribution in [-0.4, -0.2) is 32.3 Å². The van der Waals surface area contributed by atoms with Crippen molar-refractivity contribution in [3.8, 4) is 5.75 Å². The minimum Gasteiger partial charge on any atom is -0.495 e. The molecule has 0 bridgehead atoms. The fourth-order valence-corrected chi connectivity index (χ4v) is 4.28. The lowest BCUT2D eigenvalue weighted by Crippen LogP contribution is -2.32. The van der Waals surface area contributed by atoms with Gasteiger partial charge in [-0.3, -0.25) is 4.79 Å². The smallest absolute Gasteiger partial charge is 0.270 e. The first kappa shape index (κ1) is 14.3. The Balaban J connectivity index is 2.51. The van der Waals surface area contributed by atoms with E-state index in [4.69, 9.17) is 4.74 Å². The molecule has 1 unspecified atom stereocenters. The fraction of sp³-hybridized carbons (Fsp3) is 0.417. The highest BCUT2D eigenvalue weighted by molar-refractivity contribution is 9.10. The van der Waals surface area contributed by atoms with Crippen LogP contribution >= 0.6 is 15.9 Å². The molecule has 1 heterocycles. The Bertz CT molecular complexity index is 614. The molecule has 104 valence electrons. The summed E-state index contributed by atoms with van der Waals surface area (Å²) in [7, 11) is -2.46.